The molecule has 1 atom stereocenters. The SMILES string of the molecule is Cn1ccc(C(=O)NC2CCc3onc(CO)c3C2)n1. The third-order valence-corrected chi connectivity index (χ3v) is 3.55. The number of aryl methyl sites for hydroxylation is 2. The third-order valence-electron chi connectivity index (χ3n) is 3.55. The van der Waals surface area contributed by atoms with Crippen LogP contribution >= 0.6 is 0 Å². The van der Waals surface area contributed by atoms with Gasteiger partial charge in [0, 0.05) is 31.3 Å². The minimum Gasteiger partial charge on any atom is -0.390 e. The fraction of sp³-hybridized carbons (Fsp3) is 0.462. The lowest BCUT2D eigenvalue weighted by molar-refractivity contribution is 0.0927. The van der Waals surface area contributed by atoms with Crippen molar-refractivity contribution in [2.24, 2.45) is 7.05 Å². The van der Waals surface area contributed by atoms with Crippen LogP contribution in [0.3, 0.4) is 0 Å². The summed E-state index contributed by atoms with van der Waals surface area (Å²) < 4.78 is 6.78. The largest absolute Gasteiger partial charge is 0.390 e. The first-order valence-corrected chi connectivity index (χ1v) is 6.55. The number of hydrogen-bond acceptors (Lipinski definition) is 5. The summed E-state index contributed by atoms with van der Waals surface area (Å²) in [4.78, 5) is 12.1. The Bertz CT molecular complexity index is 618. The lowest BCUT2D eigenvalue weighted by atomic mass is 9.92. The van der Waals surface area contributed by atoms with Crippen LogP contribution in [0.5, 0.6) is 0 Å². The highest BCUT2D eigenvalue weighted by molar-refractivity contribution is 5.92. The molecule has 2 aromatic rings. The van der Waals surface area contributed by atoms with Gasteiger partial charge in [-0.2, -0.15) is 5.10 Å². The van der Waals surface area contributed by atoms with E-state index in [1.54, 1.807) is 24.0 Å². The predicted octanol–water partition coefficient (Wildman–Crippen LogP) is 0.188. The zero-order valence-electron chi connectivity index (χ0n) is 11.2. The van der Waals surface area contributed by atoms with Crippen molar-refractivity contribution in [2.75, 3.05) is 0 Å². The number of aromatic nitrogens is 3. The smallest absolute Gasteiger partial charge is 0.272 e. The van der Waals surface area contributed by atoms with Gasteiger partial charge in [-0.05, 0) is 18.9 Å². The molecule has 0 radical (unpaired) electrons. The van der Waals surface area contributed by atoms with Gasteiger partial charge in [0.2, 0.25) is 0 Å². The number of hydrogen-bond donors (Lipinski definition) is 2. The summed E-state index contributed by atoms with van der Waals surface area (Å²) in [6.45, 7) is -0.139. The average Bonchev–Trinajstić information content (AvgIpc) is 3.04. The molecule has 0 aromatic carbocycles. The zero-order chi connectivity index (χ0) is 14.1. The standard InChI is InChI=1S/C13H16N4O3/c1-17-5-4-10(15-17)13(19)14-8-2-3-12-9(6-8)11(7-18)16-20-12/h4-5,8,18H,2-3,6-7H2,1H3,(H,14,19). The first-order valence-electron chi connectivity index (χ1n) is 6.55. The molecular formula is C13H16N4O3. The van der Waals surface area contributed by atoms with Gasteiger partial charge < -0.3 is 14.9 Å². The van der Waals surface area contributed by atoms with E-state index in [9.17, 15) is 9.90 Å². The van der Waals surface area contributed by atoms with Crippen molar-refractivity contribution in [2.45, 2.75) is 31.9 Å². The number of nitrogens with one attached hydrogen (secondary N) is 1. The van der Waals surface area contributed by atoms with E-state index in [1.165, 1.54) is 0 Å². The molecular weight excluding hydrogens is 260 g/mol. The van der Waals surface area contributed by atoms with Gasteiger partial charge in [-0.15, -0.1) is 0 Å². The molecule has 2 aromatic heterocycles. The highest BCUT2D eigenvalue weighted by Gasteiger charge is 2.26. The zero-order valence-corrected chi connectivity index (χ0v) is 11.2. The monoisotopic (exact) mass is 276 g/mol. The quantitative estimate of drug-likeness (QED) is 0.834. The summed E-state index contributed by atoms with van der Waals surface area (Å²) in [6.07, 6.45) is 3.88. The van der Waals surface area contributed by atoms with Gasteiger partial charge >= 0.3 is 0 Å². The van der Waals surface area contributed by atoms with Crippen molar-refractivity contribution < 1.29 is 14.4 Å². The normalized spacial score (nSPS) is 17.8. The van der Waals surface area contributed by atoms with E-state index in [4.69, 9.17) is 4.52 Å². The Morgan fingerprint density at radius 2 is 2.50 bits per heavy atom. The number of carbonyl (C=O) groups excluding carboxylic acids is 1. The molecule has 0 spiro atoms. The first kappa shape index (κ1) is 12.9. The maximum absolute atomic E-state index is 12.1. The maximum atomic E-state index is 12.1. The number of rotatable bonds is 3. The summed E-state index contributed by atoms with van der Waals surface area (Å²) in [7, 11) is 1.77. The second-order valence-corrected chi connectivity index (χ2v) is 4.98. The molecule has 7 nitrogen and oxygen atoms in total. The van der Waals surface area contributed by atoms with E-state index in [0.29, 0.717) is 17.8 Å². The van der Waals surface area contributed by atoms with Gasteiger partial charge in [0.05, 0.1) is 6.61 Å². The van der Waals surface area contributed by atoms with E-state index >= 15 is 0 Å². The fourth-order valence-corrected chi connectivity index (χ4v) is 2.51. The summed E-state index contributed by atoms with van der Waals surface area (Å²) >= 11 is 0. The number of aliphatic hydroxyl groups excluding tert-OH is 1. The molecule has 1 amide bonds. The van der Waals surface area contributed by atoms with Crippen molar-refractivity contribution in [1.29, 1.82) is 0 Å². The minimum atomic E-state index is -0.180. The molecule has 106 valence electrons. The molecule has 0 bridgehead atoms. The molecule has 1 unspecified atom stereocenters. The van der Waals surface area contributed by atoms with Gasteiger partial charge in [-0.3, -0.25) is 9.48 Å². The fourth-order valence-electron chi connectivity index (χ4n) is 2.51. The highest BCUT2D eigenvalue weighted by Crippen LogP contribution is 2.24. The number of nitrogens with zero attached hydrogens (tertiary/aromatic N) is 3. The number of carbonyl (C=O) groups is 1. The second-order valence-electron chi connectivity index (χ2n) is 4.98. The molecule has 0 aliphatic heterocycles. The van der Waals surface area contributed by atoms with Crippen LogP contribution in [0.4, 0.5) is 0 Å². The molecule has 1 aliphatic carbocycles. The molecule has 2 N–H and O–H groups in total. The third kappa shape index (κ3) is 2.32. The Morgan fingerprint density at radius 1 is 1.65 bits per heavy atom. The average molecular weight is 276 g/mol. The number of aliphatic hydroxyl groups is 1. The van der Waals surface area contributed by atoms with Crippen molar-refractivity contribution in [3.8, 4) is 0 Å². The van der Waals surface area contributed by atoms with Crippen molar-refractivity contribution >= 4 is 5.91 Å². The van der Waals surface area contributed by atoms with Gasteiger partial charge in [0.15, 0.2) is 0 Å². The Kier molecular flexibility index (Phi) is 3.27. The van der Waals surface area contributed by atoms with Crippen LogP contribution in [-0.4, -0.2) is 32.0 Å². The molecule has 0 saturated carbocycles. The Morgan fingerprint density at radius 3 is 3.20 bits per heavy atom. The van der Waals surface area contributed by atoms with Crippen molar-refractivity contribution in [3.63, 3.8) is 0 Å². The predicted molar refractivity (Wildman–Crippen MR) is 68.9 cm³/mol. The molecule has 0 fully saturated rings. The van der Waals surface area contributed by atoms with Crippen LogP contribution in [0.15, 0.2) is 16.8 Å². The summed E-state index contributed by atoms with van der Waals surface area (Å²) in [5, 5.41) is 20.1. The Labute approximate surface area is 115 Å². The summed E-state index contributed by atoms with van der Waals surface area (Å²) in [5.41, 5.74) is 1.90. The van der Waals surface area contributed by atoms with Crippen LogP contribution in [0.1, 0.15) is 33.9 Å². The van der Waals surface area contributed by atoms with Gasteiger partial charge in [0.25, 0.3) is 5.91 Å². The molecule has 7 heteroatoms. The van der Waals surface area contributed by atoms with E-state index in [-0.39, 0.29) is 18.6 Å². The van der Waals surface area contributed by atoms with Crippen LogP contribution in [-0.2, 0) is 26.5 Å². The lowest BCUT2D eigenvalue weighted by Crippen LogP contribution is -2.39. The molecule has 2 heterocycles. The van der Waals surface area contributed by atoms with Crippen LogP contribution in [0.2, 0.25) is 0 Å². The molecule has 0 saturated heterocycles. The molecule has 20 heavy (non-hydrogen) atoms. The van der Waals surface area contributed by atoms with Crippen LogP contribution < -0.4 is 5.32 Å². The topological polar surface area (TPSA) is 93.2 Å². The van der Waals surface area contributed by atoms with E-state index in [2.05, 4.69) is 15.6 Å². The van der Waals surface area contributed by atoms with Crippen LogP contribution in [0, 0.1) is 0 Å². The number of fused-ring (bicyclic) bond motifs is 1. The van der Waals surface area contributed by atoms with E-state index in [1.807, 2.05) is 0 Å². The highest BCUT2D eigenvalue weighted by atomic mass is 16.5. The Balaban J connectivity index is 1.69. The minimum absolute atomic E-state index is 0.0155. The summed E-state index contributed by atoms with van der Waals surface area (Å²) in [5.74, 6) is 0.637. The van der Waals surface area contributed by atoms with Gasteiger partial charge in [0.1, 0.15) is 17.1 Å². The lowest BCUT2D eigenvalue weighted by Gasteiger charge is -2.22. The van der Waals surface area contributed by atoms with E-state index in [0.717, 1.165) is 24.2 Å². The van der Waals surface area contributed by atoms with Crippen molar-refractivity contribution in [3.05, 3.63) is 35.0 Å². The second kappa shape index (κ2) is 5.09. The first-order chi connectivity index (χ1) is 9.67. The Hall–Kier alpha value is -2.15. The summed E-state index contributed by atoms with van der Waals surface area (Å²) in [6, 6.07) is 1.70. The van der Waals surface area contributed by atoms with Crippen LogP contribution in [0.25, 0.3) is 0 Å². The van der Waals surface area contributed by atoms with Crippen molar-refractivity contribution in [1.82, 2.24) is 20.3 Å². The molecule has 3 rings (SSSR count). The van der Waals surface area contributed by atoms with Gasteiger partial charge in [-0.1, -0.05) is 5.16 Å². The molecule has 1 aliphatic rings. The van der Waals surface area contributed by atoms with Gasteiger partial charge in [-0.25, -0.2) is 0 Å². The number of amides is 1. The van der Waals surface area contributed by atoms with E-state index < -0.39 is 0 Å². The maximum Gasteiger partial charge on any atom is 0.272 e.